The maximum Gasteiger partial charge on any atom is 0.350 e. The number of nitrogens with zero attached hydrogens (tertiary/aromatic N) is 3. The number of thiazole rings is 1. The van der Waals surface area contributed by atoms with E-state index in [9.17, 15) is 14.4 Å². The molecule has 4 rings (SSSR count). The SMILES string of the molecule is CCOC(=O)c1sc(N(Cc2ccccc2)C(=O)C2CCCN(C(=O)C3CC3)C2)nc1C. The molecule has 170 valence electrons. The highest BCUT2D eigenvalue weighted by atomic mass is 32.1. The van der Waals surface area contributed by atoms with Gasteiger partial charge in [-0.15, -0.1) is 0 Å². The molecule has 1 aliphatic heterocycles. The predicted octanol–water partition coefficient (Wildman–Crippen LogP) is 3.81. The normalized spacial score (nSPS) is 18.3. The molecule has 8 heteroatoms. The molecule has 1 aromatic carbocycles. The zero-order valence-electron chi connectivity index (χ0n) is 18.6. The lowest BCUT2D eigenvalue weighted by atomic mass is 9.96. The Balaban J connectivity index is 1.59. The van der Waals surface area contributed by atoms with Gasteiger partial charge in [-0.05, 0) is 45.1 Å². The van der Waals surface area contributed by atoms with Crippen LogP contribution < -0.4 is 4.90 Å². The van der Waals surface area contributed by atoms with Crippen LogP contribution in [0.25, 0.3) is 0 Å². The molecule has 0 bridgehead atoms. The summed E-state index contributed by atoms with van der Waals surface area (Å²) in [6, 6.07) is 9.75. The minimum atomic E-state index is -0.417. The maximum atomic E-state index is 13.7. The van der Waals surface area contributed by atoms with Crippen molar-refractivity contribution in [2.45, 2.75) is 46.1 Å². The second kappa shape index (κ2) is 9.81. The minimum absolute atomic E-state index is 0.0497. The summed E-state index contributed by atoms with van der Waals surface area (Å²) in [5.41, 5.74) is 1.54. The van der Waals surface area contributed by atoms with Gasteiger partial charge in [0.15, 0.2) is 5.13 Å². The van der Waals surface area contributed by atoms with E-state index in [1.54, 1.807) is 18.7 Å². The topological polar surface area (TPSA) is 79.8 Å². The van der Waals surface area contributed by atoms with E-state index in [0.717, 1.165) is 37.8 Å². The van der Waals surface area contributed by atoms with Crippen LogP contribution >= 0.6 is 11.3 Å². The average molecular weight is 456 g/mol. The molecular weight excluding hydrogens is 426 g/mol. The van der Waals surface area contributed by atoms with E-state index >= 15 is 0 Å². The summed E-state index contributed by atoms with van der Waals surface area (Å²) >= 11 is 1.19. The largest absolute Gasteiger partial charge is 0.462 e. The number of likely N-dealkylation sites (tertiary alicyclic amines) is 1. The Morgan fingerprint density at radius 1 is 1.16 bits per heavy atom. The van der Waals surface area contributed by atoms with Gasteiger partial charge in [0.25, 0.3) is 0 Å². The zero-order chi connectivity index (χ0) is 22.7. The maximum absolute atomic E-state index is 13.7. The number of hydrogen-bond donors (Lipinski definition) is 0. The Hall–Kier alpha value is -2.74. The number of piperidine rings is 1. The lowest BCUT2D eigenvalue weighted by Gasteiger charge is -2.34. The number of benzene rings is 1. The first kappa shape index (κ1) is 22.5. The first-order valence-corrected chi connectivity index (χ1v) is 12.1. The highest BCUT2D eigenvalue weighted by Gasteiger charge is 2.38. The third-order valence-electron chi connectivity index (χ3n) is 5.94. The van der Waals surface area contributed by atoms with Crippen LogP contribution in [0.15, 0.2) is 30.3 Å². The van der Waals surface area contributed by atoms with E-state index in [2.05, 4.69) is 4.98 Å². The minimum Gasteiger partial charge on any atom is -0.462 e. The number of carbonyl (C=O) groups excluding carboxylic acids is 3. The molecule has 2 aromatic rings. The molecule has 2 amide bonds. The molecule has 1 unspecified atom stereocenters. The van der Waals surface area contributed by atoms with Gasteiger partial charge in [0.2, 0.25) is 11.8 Å². The molecule has 7 nitrogen and oxygen atoms in total. The van der Waals surface area contributed by atoms with Gasteiger partial charge in [-0.25, -0.2) is 9.78 Å². The van der Waals surface area contributed by atoms with Gasteiger partial charge >= 0.3 is 5.97 Å². The van der Waals surface area contributed by atoms with Crippen LogP contribution in [-0.4, -0.2) is 47.4 Å². The second-order valence-electron chi connectivity index (χ2n) is 8.44. The fourth-order valence-electron chi connectivity index (χ4n) is 4.08. The molecule has 1 atom stereocenters. The van der Waals surface area contributed by atoms with E-state index < -0.39 is 5.97 Å². The molecule has 2 aliphatic rings. The summed E-state index contributed by atoms with van der Waals surface area (Å²) in [7, 11) is 0. The Labute approximate surface area is 192 Å². The highest BCUT2D eigenvalue weighted by Crippen LogP contribution is 2.34. The predicted molar refractivity (Wildman–Crippen MR) is 122 cm³/mol. The number of aromatic nitrogens is 1. The van der Waals surface area contributed by atoms with Crippen LogP contribution in [-0.2, 0) is 20.9 Å². The van der Waals surface area contributed by atoms with Crippen LogP contribution in [0.3, 0.4) is 0 Å². The summed E-state index contributed by atoms with van der Waals surface area (Å²) in [6.45, 7) is 5.34. The summed E-state index contributed by atoms with van der Waals surface area (Å²) in [6.07, 6.45) is 3.49. The van der Waals surface area contributed by atoms with Crippen molar-refractivity contribution < 1.29 is 19.1 Å². The molecule has 1 saturated carbocycles. The van der Waals surface area contributed by atoms with Gasteiger partial charge in [0.05, 0.1) is 24.8 Å². The lowest BCUT2D eigenvalue weighted by molar-refractivity contribution is -0.136. The number of amides is 2. The molecule has 2 fully saturated rings. The van der Waals surface area contributed by atoms with Crippen molar-refractivity contribution in [1.82, 2.24) is 9.88 Å². The summed E-state index contributed by atoms with van der Waals surface area (Å²) in [5.74, 6) is -0.402. The van der Waals surface area contributed by atoms with Crippen molar-refractivity contribution in [1.29, 1.82) is 0 Å². The van der Waals surface area contributed by atoms with E-state index in [-0.39, 0.29) is 30.3 Å². The Morgan fingerprint density at radius 2 is 1.91 bits per heavy atom. The van der Waals surface area contributed by atoms with Crippen LogP contribution in [0.5, 0.6) is 0 Å². The molecule has 32 heavy (non-hydrogen) atoms. The monoisotopic (exact) mass is 455 g/mol. The van der Waals surface area contributed by atoms with Crippen LogP contribution in [0, 0.1) is 18.8 Å². The summed E-state index contributed by atoms with van der Waals surface area (Å²) < 4.78 is 5.15. The quantitative estimate of drug-likeness (QED) is 0.593. The van der Waals surface area contributed by atoms with Gasteiger partial charge in [-0.2, -0.15) is 0 Å². The van der Waals surface area contributed by atoms with Crippen molar-refractivity contribution in [3.05, 3.63) is 46.5 Å². The van der Waals surface area contributed by atoms with Crippen molar-refractivity contribution in [2.24, 2.45) is 11.8 Å². The first-order chi connectivity index (χ1) is 15.5. The van der Waals surface area contributed by atoms with E-state index in [1.807, 2.05) is 35.2 Å². The number of esters is 1. The molecule has 1 aromatic heterocycles. The van der Waals surface area contributed by atoms with Crippen molar-refractivity contribution in [2.75, 3.05) is 24.6 Å². The van der Waals surface area contributed by atoms with E-state index in [4.69, 9.17) is 4.74 Å². The standard InChI is InChI=1S/C24H29N3O4S/c1-3-31-23(30)20-16(2)25-24(32-20)27(14-17-8-5-4-6-9-17)22(29)19-10-7-13-26(15-19)21(28)18-11-12-18/h4-6,8-9,18-19H,3,7,10-15H2,1-2H3. The first-order valence-electron chi connectivity index (χ1n) is 11.3. The third-order valence-corrected chi connectivity index (χ3v) is 7.10. The van der Waals surface area contributed by atoms with Crippen LogP contribution in [0.1, 0.15) is 53.5 Å². The summed E-state index contributed by atoms with van der Waals surface area (Å²) in [5, 5.41) is 0.491. The van der Waals surface area contributed by atoms with Crippen LogP contribution in [0.4, 0.5) is 5.13 Å². The Bertz CT molecular complexity index is 986. The van der Waals surface area contributed by atoms with Gasteiger partial charge in [0.1, 0.15) is 4.88 Å². The fourth-order valence-corrected chi connectivity index (χ4v) is 5.04. The molecule has 0 spiro atoms. The number of ether oxygens (including phenoxy) is 1. The average Bonchev–Trinajstić information content (AvgIpc) is 3.59. The number of aryl methyl sites for hydroxylation is 1. The molecule has 1 saturated heterocycles. The Morgan fingerprint density at radius 3 is 2.59 bits per heavy atom. The Kier molecular flexibility index (Phi) is 6.89. The molecular formula is C24H29N3O4S. The van der Waals surface area contributed by atoms with Gasteiger partial charge < -0.3 is 9.64 Å². The van der Waals surface area contributed by atoms with Crippen molar-refractivity contribution in [3.63, 3.8) is 0 Å². The molecule has 0 radical (unpaired) electrons. The van der Waals surface area contributed by atoms with E-state index in [1.165, 1.54) is 11.3 Å². The third kappa shape index (κ3) is 5.01. The zero-order valence-corrected chi connectivity index (χ0v) is 19.4. The van der Waals surface area contributed by atoms with Crippen LogP contribution in [0.2, 0.25) is 0 Å². The van der Waals surface area contributed by atoms with Gasteiger partial charge in [0, 0.05) is 19.0 Å². The highest BCUT2D eigenvalue weighted by molar-refractivity contribution is 7.17. The van der Waals surface area contributed by atoms with Crippen molar-refractivity contribution in [3.8, 4) is 0 Å². The van der Waals surface area contributed by atoms with Gasteiger partial charge in [-0.1, -0.05) is 41.7 Å². The van der Waals surface area contributed by atoms with E-state index in [0.29, 0.717) is 28.8 Å². The van der Waals surface area contributed by atoms with Crippen molar-refractivity contribution >= 4 is 34.3 Å². The molecule has 1 aliphatic carbocycles. The lowest BCUT2D eigenvalue weighted by Crippen LogP contribution is -2.47. The molecule has 2 heterocycles. The number of hydrogen-bond acceptors (Lipinski definition) is 6. The van der Waals surface area contributed by atoms with Gasteiger partial charge in [-0.3, -0.25) is 14.5 Å². The number of carbonyl (C=O) groups is 3. The second-order valence-corrected chi connectivity index (χ2v) is 9.42. The number of anilines is 1. The number of rotatable bonds is 7. The fraction of sp³-hybridized carbons (Fsp3) is 0.500. The smallest absolute Gasteiger partial charge is 0.350 e. The molecule has 0 N–H and O–H groups in total. The summed E-state index contributed by atoms with van der Waals surface area (Å²) in [4.78, 5) is 47.1.